The molecule has 117 heavy (non-hydrogen) atoms. The van der Waals surface area contributed by atoms with Gasteiger partial charge in [-0.15, -0.1) is 0 Å². The summed E-state index contributed by atoms with van der Waals surface area (Å²) in [6.45, 7) is 27.3. The quantitative estimate of drug-likeness (QED) is 0.0223. The van der Waals surface area contributed by atoms with Crippen molar-refractivity contribution in [3.8, 4) is 0 Å². The van der Waals surface area contributed by atoms with Crippen LogP contribution in [0.25, 0.3) is 0 Å². The van der Waals surface area contributed by atoms with Gasteiger partial charge in [0, 0.05) is 52.3 Å². The number of aliphatic hydroxyl groups is 3. The molecule has 704 valence electrons. The van der Waals surface area contributed by atoms with E-state index in [0.29, 0.717) is 52.2 Å². The van der Waals surface area contributed by atoms with Crippen LogP contribution in [-0.2, 0) is 14.3 Å². The summed E-state index contributed by atoms with van der Waals surface area (Å²) in [7, 11) is 0. The molecule has 3 unspecified atom stereocenters. The molecule has 0 saturated carbocycles. The smallest absolute Gasteiger partial charge is 0.307 e. The van der Waals surface area contributed by atoms with Gasteiger partial charge in [0.05, 0.1) is 25.2 Å². The molecule has 0 aliphatic rings. The molecule has 0 heterocycles. The zero-order valence-electron chi connectivity index (χ0n) is 80.9. The van der Waals surface area contributed by atoms with Crippen molar-refractivity contribution in [3.63, 3.8) is 0 Å². The lowest BCUT2D eigenvalue weighted by Crippen LogP contribution is -2.38. The lowest BCUT2D eigenvalue weighted by atomic mass is 10.0. The van der Waals surface area contributed by atoms with E-state index in [1.807, 2.05) is 0 Å². The lowest BCUT2D eigenvalue weighted by molar-refractivity contribution is -0.144. The monoisotopic (exact) mass is 1660 g/mol. The molecule has 0 aliphatic heterocycles. The molecule has 0 amide bonds. The number of nitrogens with zero attached hydrogens (tertiary/aromatic N) is 4. The minimum Gasteiger partial charge on any atom is -0.466 e. The van der Waals surface area contributed by atoms with Crippen molar-refractivity contribution in [1.29, 1.82) is 0 Å². The fourth-order valence-electron chi connectivity index (χ4n) is 17.2. The topological polar surface area (TPSA) is 161 Å². The Kier molecular flexibility index (Phi) is 105. The van der Waals surface area contributed by atoms with Crippen molar-refractivity contribution in [2.24, 2.45) is 11.5 Å². The van der Waals surface area contributed by atoms with Gasteiger partial charge in [-0.1, -0.05) is 472 Å². The molecule has 0 bridgehead atoms. The van der Waals surface area contributed by atoms with Gasteiger partial charge in [0.1, 0.15) is 0 Å². The van der Waals surface area contributed by atoms with Gasteiger partial charge in [-0.3, -0.25) is 4.79 Å². The van der Waals surface area contributed by atoms with Gasteiger partial charge in [0.25, 0.3) is 0 Å². The van der Waals surface area contributed by atoms with Crippen LogP contribution in [0.15, 0.2) is 0 Å². The Balaban J connectivity index is 0. The fraction of sp³-hybridized carbons (Fsp3) is 0.990. The fourth-order valence-corrected chi connectivity index (χ4v) is 17.2. The lowest BCUT2D eigenvalue weighted by Gasteiger charge is -2.26. The van der Waals surface area contributed by atoms with Crippen molar-refractivity contribution >= 4 is 5.97 Å². The summed E-state index contributed by atoms with van der Waals surface area (Å²) in [5.74, 6) is -0.0212. The second kappa shape index (κ2) is 104. The number of esters is 1. The third-order valence-electron chi connectivity index (χ3n) is 25.3. The number of aliphatic hydroxyl groups excluding tert-OH is 3. The van der Waals surface area contributed by atoms with Crippen molar-refractivity contribution in [1.82, 2.24) is 19.6 Å². The van der Waals surface area contributed by atoms with Crippen molar-refractivity contribution in [2.45, 2.75) is 567 Å². The van der Waals surface area contributed by atoms with E-state index in [1.165, 1.54) is 456 Å². The Morgan fingerprint density at radius 3 is 0.632 bits per heavy atom. The van der Waals surface area contributed by atoms with Gasteiger partial charge in [-0.05, 0) is 117 Å². The second-order valence-corrected chi connectivity index (χ2v) is 37.3. The molecule has 3 atom stereocenters. The minimum absolute atomic E-state index is 0.0212. The van der Waals surface area contributed by atoms with Crippen LogP contribution in [-0.4, -0.2) is 164 Å². The molecule has 0 rings (SSSR count). The summed E-state index contributed by atoms with van der Waals surface area (Å²) in [4.78, 5) is 22.8. The average Bonchev–Trinajstić information content (AvgIpc) is 0.965. The Hall–Kier alpha value is -0.930. The highest BCUT2D eigenvalue weighted by Crippen LogP contribution is 2.21. The Labute approximate surface area is 734 Å². The highest BCUT2D eigenvalue weighted by molar-refractivity contribution is 5.69. The first-order valence-electron chi connectivity index (χ1n) is 53.7. The molecule has 0 aromatic carbocycles. The normalized spacial score (nSPS) is 12.7. The number of hydrogen-bond donors (Lipinski definition) is 5. The summed E-state index contributed by atoms with van der Waals surface area (Å²) >= 11 is 0. The molecule has 0 saturated heterocycles. The van der Waals surface area contributed by atoms with Crippen LogP contribution in [0.1, 0.15) is 549 Å². The third kappa shape index (κ3) is 98.7. The van der Waals surface area contributed by atoms with Crippen LogP contribution in [0.5, 0.6) is 0 Å². The predicted octanol–water partition coefficient (Wildman–Crippen LogP) is 29.6. The number of rotatable bonds is 102. The minimum atomic E-state index is -0.652. The number of ether oxygens (including phenoxy) is 2. The van der Waals surface area contributed by atoms with Crippen LogP contribution in [0.2, 0.25) is 0 Å². The molecule has 0 aromatic rings. The van der Waals surface area contributed by atoms with Crippen LogP contribution >= 0.6 is 0 Å². The summed E-state index contributed by atoms with van der Waals surface area (Å²) in [6, 6.07) is 0. The van der Waals surface area contributed by atoms with E-state index in [9.17, 15) is 20.1 Å². The van der Waals surface area contributed by atoms with E-state index in [0.717, 1.165) is 104 Å². The maximum atomic E-state index is 12.7. The number of carbonyl (C=O) groups excluding carboxylic acids is 1. The molecule has 0 fully saturated rings. The highest BCUT2D eigenvalue weighted by Gasteiger charge is 2.16. The zero-order chi connectivity index (χ0) is 85.2. The summed E-state index contributed by atoms with van der Waals surface area (Å²) < 4.78 is 11.6. The summed E-state index contributed by atoms with van der Waals surface area (Å²) in [5, 5.41) is 31.5. The second-order valence-electron chi connectivity index (χ2n) is 37.3. The van der Waals surface area contributed by atoms with E-state index in [4.69, 9.17) is 20.9 Å². The van der Waals surface area contributed by atoms with Crippen molar-refractivity contribution in [3.05, 3.63) is 0 Å². The maximum Gasteiger partial charge on any atom is 0.307 e. The van der Waals surface area contributed by atoms with Gasteiger partial charge < -0.3 is 55.9 Å². The summed E-state index contributed by atoms with van der Waals surface area (Å²) in [5.41, 5.74) is 11.7. The van der Waals surface area contributed by atoms with Gasteiger partial charge in [0.15, 0.2) is 6.29 Å². The van der Waals surface area contributed by atoms with E-state index < -0.39 is 18.5 Å². The van der Waals surface area contributed by atoms with Gasteiger partial charge >= 0.3 is 5.97 Å². The molecule has 0 spiro atoms. The Bertz CT molecular complexity index is 1790. The standard InChI is InChI=1S/C53H111N3O3.C52H107N3O3/c1-4-7-10-13-16-19-22-25-28-31-34-37-42-49-59-53(58)43-48-55(44-38-35-32-29-26-23-20-17-14-11-8-5-2)45-40-41-47-56(51-52(57)50-54)46-39-36-33-30-27-24-21-18-15-12-9-6-3;1-4-7-10-13-16-19-22-25-28-31-34-37-43-54(47-42-52(57)58-48-41-36-33-30-27-24-21-18-15-12-9-6-3)44-39-40-46-55(50-51(56)49-53)45-38-35-32-29-26-23-20-17-14-11-8-5-2/h52-53,57-58H,4-51,54H2,1-3H3;51,56H,4-50,53H2,1-3H3. The first kappa shape index (κ1) is 118. The van der Waals surface area contributed by atoms with E-state index in [1.54, 1.807) is 0 Å². The molecular weight excluding hydrogens is 1440 g/mol. The molecule has 0 aliphatic carbocycles. The number of carbonyl (C=O) groups is 1. The first-order valence-corrected chi connectivity index (χ1v) is 53.7. The highest BCUT2D eigenvalue weighted by atomic mass is 16.6. The zero-order valence-corrected chi connectivity index (χ0v) is 80.9. The number of nitrogens with two attached hydrogens (primary N) is 2. The molecule has 12 nitrogen and oxygen atoms in total. The largest absolute Gasteiger partial charge is 0.466 e. The Morgan fingerprint density at radius 1 is 0.231 bits per heavy atom. The van der Waals surface area contributed by atoms with Crippen LogP contribution in [0.4, 0.5) is 0 Å². The molecule has 0 radical (unpaired) electrons. The first-order chi connectivity index (χ1) is 57.6. The number of hydrogen-bond acceptors (Lipinski definition) is 12. The molecular formula is C105H218N6O6. The molecule has 12 heteroatoms. The average molecular weight is 1660 g/mol. The van der Waals surface area contributed by atoms with Gasteiger partial charge in [-0.2, -0.15) is 0 Å². The molecule has 7 N–H and O–H groups in total. The van der Waals surface area contributed by atoms with E-state index >= 15 is 0 Å². The van der Waals surface area contributed by atoms with Crippen molar-refractivity contribution in [2.75, 3.05) is 105 Å². The van der Waals surface area contributed by atoms with Crippen LogP contribution in [0, 0.1) is 0 Å². The van der Waals surface area contributed by atoms with Crippen LogP contribution in [0.3, 0.4) is 0 Å². The van der Waals surface area contributed by atoms with Gasteiger partial charge in [-0.25, -0.2) is 0 Å². The number of unbranched alkanes of at least 4 members (excludes halogenated alkanes) is 69. The maximum absolute atomic E-state index is 12.7. The SMILES string of the molecule is CCCCCCCCCCCCCCCOC(O)CCN(CCCCCCCCCCCCCC)CCCCN(CCCCCCCCCCCCCC)CC(O)CN.CCCCCCCCCCCCCCOC(=O)CCN(CCCCCCCCCCCCCC)CCCCN(CCCCCCCCCCCCCC)CC(O)CN. The Morgan fingerprint density at radius 2 is 0.410 bits per heavy atom. The third-order valence-corrected chi connectivity index (χ3v) is 25.3. The van der Waals surface area contributed by atoms with E-state index in [2.05, 4.69) is 61.1 Å². The molecule has 0 aromatic heterocycles. The predicted molar refractivity (Wildman–Crippen MR) is 518 cm³/mol. The summed E-state index contributed by atoms with van der Waals surface area (Å²) in [6.07, 6.45) is 103. The van der Waals surface area contributed by atoms with Crippen molar-refractivity contribution < 1.29 is 29.6 Å². The van der Waals surface area contributed by atoms with Gasteiger partial charge in [0.2, 0.25) is 0 Å². The van der Waals surface area contributed by atoms with E-state index in [-0.39, 0.29) is 5.97 Å². The van der Waals surface area contributed by atoms with Crippen LogP contribution < -0.4 is 11.5 Å².